The predicted molar refractivity (Wildman–Crippen MR) is 106 cm³/mol. The summed E-state index contributed by atoms with van der Waals surface area (Å²) in [7, 11) is 3.78. The van der Waals surface area contributed by atoms with Crippen LogP contribution in [-0.2, 0) is 20.1 Å². The molecule has 1 aliphatic rings. The fourth-order valence-corrected chi connectivity index (χ4v) is 3.54. The van der Waals surface area contributed by atoms with Crippen LogP contribution in [0.4, 0.5) is 0 Å². The molecule has 0 radical (unpaired) electrons. The lowest BCUT2D eigenvalue weighted by Crippen LogP contribution is -2.51. The van der Waals surface area contributed by atoms with Crippen LogP contribution in [0.2, 0.25) is 0 Å². The molecule has 2 atom stereocenters. The Morgan fingerprint density at radius 1 is 1.27 bits per heavy atom. The van der Waals surface area contributed by atoms with Crippen LogP contribution in [0, 0.1) is 0 Å². The van der Waals surface area contributed by atoms with Gasteiger partial charge in [-0.05, 0) is 31.4 Å². The minimum Gasteiger partial charge on any atom is -0.354 e. The molecule has 0 bridgehead atoms. The first kappa shape index (κ1) is 18.5. The predicted octanol–water partition coefficient (Wildman–Crippen LogP) is 2.14. The molecule has 0 amide bonds. The number of aliphatic imine (C=N–C) groups is 1. The van der Waals surface area contributed by atoms with Gasteiger partial charge in [-0.25, -0.2) is 0 Å². The fourth-order valence-electron chi connectivity index (χ4n) is 3.54. The van der Waals surface area contributed by atoms with Crippen LogP contribution in [0.3, 0.4) is 0 Å². The Bertz CT molecular complexity index is 708. The smallest absolute Gasteiger partial charge is 0.191 e. The van der Waals surface area contributed by atoms with Crippen LogP contribution in [0.25, 0.3) is 0 Å². The van der Waals surface area contributed by atoms with E-state index in [1.807, 2.05) is 31.0 Å². The van der Waals surface area contributed by atoms with E-state index >= 15 is 0 Å². The van der Waals surface area contributed by atoms with Crippen molar-refractivity contribution in [2.75, 3.05) is 13.6 Å². The topological polar surface area (TPSA) is 57.5 Å². The van der Waals surface area contributed by atoms with E-state index in [1.165, 1.54) is 5.56 Å². The molecule has 0 saturated carbocycles. The third-order valence-electron chi connectivity index (χ3n) is 5.17. The van der Waals surface area contributed by atoms with Crippen LogP contribution in [0.15, 0.2) is 47.6 Å². The van der Waals surface area contributed by atoms with Gasteiger partial charge in [0.25, 0.3) is 0 Å². The third-order valence-corrected chi connectivity index (χ3v) is 5.17. The van der Waals surface area contributed by atoms with E-state index < -0.39 is 0 Å². The summed E-state index contributed by atoms with van der Waals surface area (Å²) in [6, 6.07) is 13.8. The molecule has 6 nitrogen and oxygen atoms in total. The van der Waals surface area contributed by atoms with Crippen molar-refractivity contribution >= 4 is 5.96 Å². The number of aryl methyl sites for hydroxylation is 1. The van der Waals surface area contributed by atoms with E-state index in [-0.39, 0.29) is 0 Å². The number of nitrogens with one attached hydrogen (secondary N) is 2. The van der Waals surface area contributed by atoms with Crippen LogP contribution < -0.4 is 10.6 Å². The first-order valence-electron chi connectivity index (χ1n) is 9.37. The maximum atomic E-state index is 4.37. The highest BCUT2D eigenvalue weighted by atomic mass is 15.3. The highest BCUT2D eigenvalue weighted by Gasteiger charge is 2.25. The van der Waals surface area contributed by atoms with E-state index in [2.05, 4.69) is 62.9 Å². The van der Waals surface area contributed by atoms with Crippen LogP contribution in [0.1, 0.15) is 31.0 Å². The van der Waals surface area contributed by atoms with Gasteiger partial charge < -0.3 is 10.6 Å². The molecule has 0 spiro atoms. The Hall–Kier alpha value is -2.34. The van der Waals surface area contributed by atoms with E-state index in [0.717, 1.165) is 44.1 Å². The zero-order chi connectivity index (χ0) is 18.4. The summed E-state index contributed by atoms with van der Waals surface area (Å²) < 4.78 is 1.88. The first-order chi connectivity index (χ1) is 12.7. The zero-order valence-electron chi connectivity index (χ0n) is 16.0. The maximum absolute atomic E-state index is 4.37. The molecule has 6 heteroatoms. The molecule has 2 N–H and O–H groups in total. The zero-order valence-corrected chi connectivity index (χ0v) is 16.0. The fraction of sp³-hybridized carbons (Fsp3) is 0.500. The van der Waals surface area contributed by atoms with E-state index in [4.69, 9.17) is 0 Å². The normalized spacial score (nSPS) is 21.6. The highest BCUT2D eigenvalue weighted by Crippen LogP contribution is 2.19. The van der Waals surface area contributed by atoms with Gasteiger partial charge in [-0.2, -0.15) is 5.10 Å². The second-order valence-corrected chi connectivity index (χ2v) is 7.04. The molecule has 3 rings (SSSR count). The molecule has 1 aromatic heterocycles. The average Bonchev–Trinajstić information content (AvgIpc) is 3.06. The van der Waals surface area contributed by atoms with Crippen molar-refractivity contribution in [3.8, 4) is 0 Å². The number of piperidine rings is 1. The summed E-state index contributed by atoms with van der Waals surface area (Å²) >= 11 is 0. The first-order valence-corrected chi connectivity index (χ1v) is 9.37. The van der Waals surface area contributed by atoms with Crippen LogP contribution >= 0.6 is 0 Å². The van der Waals surface area contributed by atoms with Crippen LogP contribution in [0.5, 0.6) is 0 Å². The molecule has 2 unspecified atom stereocenters. The molecule has 2 heterocycles. The Kier molecular flexibility index (Phi) is 6.28. The Balaban J connectivity index is 1.47. The molecule has 26 heavy (non-hydrogen) atoms. The van der Waals surface area contributed by atoms with Crippen molar-refractivity contribution in [3.05, 3.63) is 53.9 Å². The number of hydrogen-bond donors (Lipinski definition) is 2. The molecule has 140 valence electrons. The van der Waals surface area contributed by atoms with Crippen molar-refractivity contribution < 1.29 is 0 Å². The van der Waals surface area contributed by atoms with Gasteiger partial charge in [0.15, 0.2) is 5.96 Å². The van der Waals surface area contributed by atoms with E-state index in [0.29, 0.717) is 12.1 Å². The van der Waals surface area contributed by atoms with Gasteiger partial charge in [-0.15, -0.1) is 0 Å². The summed E-state index contributed by atoms with van der Waals surface area (Å²) in [5, 5.41) is 11.2. The molecule has 0 aliphatic carbocycles. The Morgan fingerprint density at radius 3 is 2.73 bits per heavy atom. The third kappa shape index (κ3) is 4.85. The maximum Gasteiger partial charge on any atom is 0.191 e. The molecular formula is C20H30N6. The molecule has 1 aromatic carbocycles. The van der Waals surface area contributed by atoms with Crippen molar-refractivity contribution in [2.45, 2.75) is 44.9 Å². The van der Waals surface area contributed by atoms with E-state index in [9.17, 15) is 0 Å². The minimum atomic E-state index is 0.453. The number of likely N-dealkylation sites (tertiary alicyclic amines) is 1. The SMILES string of the molecule is CN=C(NCc1ccnn1C)NC1CCN(Cc2ccccc2)C(C)C1. The lowest BCUT2D eigenvalue weighted by Gasteiger charge is -2.38. The summed E-state index contributed by atoms with van der Waals surface area (Å²) in [4.78, 5) is 6.94. The van der Waals surface area contributed by atoms with Crippen molar-refractivity contribution in [2.24, 2.45) is 12.0 Å². The van der Waals surface area contributed by atoms with Gasteiger partial charge >= 0.3 is 0 Å². The summed E-state index contributed by atoms with van der Waals surface area (Å²) in [5.74, 6) is 0.861. The number of nitrogens with zero attached hydrogens (tertiary/aromatic N) is 4. The van der Waals surface area contributed by atoms with Gasteiger partial charge in [-0.1, -0.05) is 30.3 Å². The molecule has 1 fully saturated rings. The molecule has 2 aromatic rings. The summed E-state index contributed by atoms with van der Waals surface area (Å²) in [6.45, 7) is 5.18. The number of benzene rings is 1. The quantitative estimate of drug-likeness (QED) is 0.638. The summed E-state index contributed by atoms with van der Waals surface area (Å²) in [5.41, 5.74) is 2.53. The van der Waals surface area contributed by atoms with E-state index in [1.54, 1.807) is 0 Å². The van der Waals surface area contributed by atoms with Crippen molar-refractivity contribution in [1.82, 2.24) is 25.3 Å². The Labute approximate surface area is 156 Å². The Morgan fingerprint density at radius 2 is 2.08 bits per heavy atom. The number of aromatic nitrogens is 2. The monoisotopic (exact) mass is 354 g/mol. The van der Waals surface area contributed by atoms with Crippen LogP contribution in [-0.4, -0.2) is 46.3 Å². The largest absolute Gasteiger partial charge is 0.354 e. The number of hydrogen-bond acceptors (Lipinski definition) is 3. The van der Waals surface area contributed by atoms with Gasteiger partial charge in [0.2, 0.25) is 0 Å². The minimum absolute atomic E-state index is 0.453. The van der Waals surface area contributed by atoms with Crippen molar-refractivity contribution in [1.29, 1.82) is 0 Å². The van der Waals surface area contributed by atoms with Gasteiger partial charge in [-0.3, -0.25) is 14.6 Å². The molecular weight excluding hydrogens is 324 g/mol. The lowest BCUT2D eigenvalue weighted by molar-refractivity contribution is 0.134. The lowest BCUT2D eigenvalue weighted by atomic mass is 9.97. The molecule has 1 saturated heterocycles. The second kappa shape index (κ2) is 8.85. The standard InChI is InChI=1S/C20H30N6/c1-16-13-18(10-12-26(16)15-17-7-5-4-6-8-17)24-20(21-2)22-14-19-9-11-23-25(19)3/h4-9,11,16,18H,10,12-15H2,1-3H3,(H2,21,22,24). The number of guanidine groups is 1. The summed E-state index contributed by atoms with van der Waals surface area (Å²) in [6.07, 6.45) is 4.07. The van der Waals surface area contributed by atoms with Gasteiger partial charge in [0.05, 0.1) is 12.2 Å². The average molecular weight is 355 g/mol. The van der Waals surface area contributed by atoms with Gasteiger partial charge in [0.1, 0.15) is 0 Å². The molecule has 1 aliphatic heterocycles. The second-order valence-electron chi connectivity index (χ2n) is 7.04. The highest BCUT2D eigenvalue weighted by molar-refractivity contribution is 5.79. The van der Waals surface area contributed by atoms with Gasteiger partial charge in [0, 0.05) is 45.5 Å². The van der Waals surface area contributed by atoms with Crippen molar-refractivity contribution in [3.63, 3.8) is 0 Å². The number of rotatable bonds is 5.